The number of benzene rings is 1. The minimum atomic E-state index is -0.922. The predicted molar refractivity (Wildman–Crippen MR) is 84.1 cm³/mol. The first-order chi connectivity index (χ1) is 11.1. The zero-order valence-corrected chi connectivity index (χ0v) is 13.4. The summed E-state index contributed by atoms with van der Waals surface area (Å²) in [5.41, 5.74) is -0.346. The molecule has 1 aliphatic heterocycles. The van der Waals surface area contributed by atoms with Gasteiger partial charge >= 0.3 is 5.97 Å². The van der Waals surface area contributed by atoms with Crippen molar-refractivity contribution in [2.75, 3.05) is 19.5 Å². The van der Waals surface area contributed by atoms with Crippen molar-refractivity contribution in [3.8, 4) is 17.1 Å². The molecule has 0 spiro atoms. The van der Waals surface area contributed by atoms with E-state index in [1.807, 2.05) is 6.07 Å². The molecule has 1 saturated heterocycles. The van der Waals surface area contributed by atoms with E-state index in [9.17, 15) is 9.90 Å². The Labute approximate surface area is 137 Å². The molecule has 1 unspecified atom stereocenters. The molecule has 0 radical (unpaired) electrons. The number of phenolic OH excluding ortho intramolecular Hbond substituents is 1. The van der Waals surface area contributed by atoms with Gasteiger partial charge < -0.3 is 14.6 Å². The van der Waals surface area contributed by atoms with E-state index >= 15 is 0 Å². The number of hydrogen-bond donors (Lipinski definition) is 2. The minimum Gasteiger partial charge on any atom is -0.507 e. The first-order valence-electron chi connectivity index (χ1n) is 7.20. The number of phenols is 1. The fourth-order valence-corrected chi connectivity index (χ4v) is 3.48. The van der Waals surface area contributed by atoms with Crippen molar-refractivity contribution < 1.29 is 19.4 Å². The van der Waals surface area contributed by atoms with Crippen molar-refractivity contribution in [1.82, 2.24) is 15.2 Å². The number of aromatic amines is 1. The lowest BCUT2D eigenvalue weighted by Crippen LogP contribution is -2.41. The third-order valence-electron chi connectivity index (χ3n) is 3.72. The number of hydrogen-bond acceptors (Lipinski definition) is 7. The van der Waals surface area contributed by atoms with Gasteiger partial charge in [0.15, 0.2) is 11.4 Å². The first-order valence-corrected chi connectivity index (χ1v) is 8.19. The summed E-state index contributed by atoms with van der Waals surface area (Å²) in [6, 6.07) is 6.88. The number of carbonyl (C=O) groups excluding carboxylic acids is 1. The number of rotatable bonds is 5. The molecular formula is C15H17N3O4S. The number of para-hydroxylation sites is 1. The van der Waals surface area contributed by atoms with Gasteiger partial charge in [0, 0.05) is 12.4 Å². The molecule has 8 heteroatoms. The van der Waals surface area contributed by atoms with E-state index in [1.165, 1.54) is 18.9 Å². The summed E-state index contributed by atoms with van der Waals surface area (Å²) in [7, 11) is 1.36. The number of esters is 1. The van der Waals surface area contributed by atoms with Gasteiger partial charge in [-0.2, -0.15) is 0 Å². The first kappa shape index (κ1) is 15.8. The van der Waals surface area contributed by atoms with Crippen molar-refractivity contribution in [2.24, 2.45) is 0 Å². The van der Waals surface area contributed by atoms with Gasteiger partial charge in [-0.1, -0.05) is 23.9 Å². The second-order valence-corrected chi connectivity index (χ2v) is 6.15. The Balaban J connectivity index is 1.72. The van der Waals surface area contributed by atoms with Crippen molar-refractivity contribution >= 4 is 17.7 Å². The third kappa shape index (κ3) is 3.18. The Hall–Kier alpha value is -2.06. The van der Waals surface area contributed by atoms with Crippen LogP contribution in [0.4, 0.5) is 0 Å². The molecule has 122 valence electrons. The number of nitrogens with zero attached hydrogens (tertiary/aromatic N) is 2. The fraction of sp³-hybridized carbons (Fsp3) is 0.400. The topological polar surface area (TPSA) is 97.3 Å². The molecule has 0 amide bonds. The van der Waals surface area contributed by atoms with Crippen LogP contribution in [0.1, 0.15) is 12.8 Å². The highest BCUT2D eigenvalue weighted by atomic mass is 32.2. The van der Waals surface area contributed by atoms with Gasteiger partial charge in [-0.25, -0.2) is 9.78 Å². The maximum atomic E-state index is 12.0. The summed E-state index contributed by atoms with van der Waals surface area (Å²) in [6.07, 6.45) is 1.45. The summed E-state index contributed by atoms with van der Waals surface area (Å²) in [5, 5.41) is 17.2. The fourth-order valence-electron chi connectivity index (χ4n) is 2.50. The van der Waals surface area contributed by atoms with Crippen LogP contribution in [0, 0.1) is 0 Å². The standard InChI is InChI=1S/C15H17N3O4S/c1-21-13(20)15(7-4-8-22-15)9-23-14-16-12(17-18-14)10-5-2-3-6-11(10)19/h2-3,5-6,19H,4,7-9H2,1H3,(H,16,17,18). The van der Waals surface area contributed by atoms with Gasteiger partial charge in [-0.15, -0.1) is 5.10 Å². The Morgan fingerprint density at radius 1 is 1.52 bits per heavy atom. The number of nitrogens with one attached hydrogen (secondary N) is 1. The van der Waals surface area contributed by atoms with E-state index in [1.54, 1.807) is 18.2 Å². The minimum absolute atomic E-state index is 0.130. The highest BCUT2D eigenvalue weighted by molar-refractivity contribution is 7.99. The monoisotopic (exact) mass is 335 g/mol. The Kier molecular flexibility index (Phi) is 4.53. The quantitative estimate of drug-likeness (QED) is 0.637. The summed E-state index contributed by atoms with van der Waals surface area (Å²) in [4.78, 5) is 16.3. The van der Waals surface area contributed by atoms with Crippen molar-refractivity contribution in [2.45, 2.75) is 23.6 Å². The average Bonchev–Trinajstić information content (AvgIpc) is 3.23. The van der Waals surface area contributed by atoms with E-state index in [-0.39, 0.29) is 11.7 Å². The second kappa shape index (κ2) is 6.59. The van der Waals surface area contributed by atoms with Crippen LogP contribution in [0.5, 0.6) is 5.75 Å². The van der Waals surface area contributed by atoms with Gasteiger partial charge in [0.1, 0.15) is 5.75 Å². The molecule has 2 N–H and O–H groups in total. The summed E-state index contributed by atoms with van der Waals surface area (Å²) in [5.74, 6) is 0.631. The van der Waals surface area contributed by atoms with Gasteiger partial charge in [-0.3, -0.25) is 5.10 Å². The maximum Gasteiger partial charge on any atom is 0.339 e. The summed E-state index contributed by atoms with van der Waals surface area (Å²) in [6.45, 7) is 0.548. The molecule has 1 aromatic heterocycles. The molecule has 2 heterocycles. The second-order valence-electron chi connectivity index (χ2n) is 5.21. The van der Waals surface area contributed by atoms with E-state index < -0.39 is 5.60 Å². The van der Waals surface area contributed by atoms with Crippen LogP contribution in [0.15, 0.2) is 29.4 Å². The van der Waals surface area contributed by atoms with E-state index in [4.69, 9.17) is 9.47 Å². The molecule has 0 aliphatic carbocycles. The molecule has 1 atom stereocenters. The largest absolute Gasteiger partial charge is 0.507 e. The van der Waals surface area contributed by atoms with Gasteiger partial charge in [0.05, 0.1) is 12.7 Å². The smallest absolute Gasteiger partial charge is 0.339 e. The van der Waals surface area contributed by atoms with Gasteiger partial charge in [-0.05, 0) is 25.0 Å². The zero-order chi connectivity index (χ0) is 16.3. The molecule has 7 nitrogen and oxygen atoms in total. The molecule has 1 aromatic carbocycles. The van der Waals surface area contributed by atoms with Gasteiger partial charge in [0.2, 0.25) is 5.16 Å². The molecule has 0 bridgehead atoms. The van der Waals surface area contributed by atoms with Crippen LogP contribution in [-0.4, -0.2) is 51.3 Å². The Morgan fingerprint density at radius 2 is 2.35 bits per heavy atom. The lowest BCUT2D eigenvalue weighted by Gasteiger charge is -2.23. The third-order valence-corrected chi connectivity index (χ3v) is 4.77. The molecular weight excluding hydrogens is 318 g/mol. The SMILES string of the molecule is COC(=O)C1(CSc2n[nH]c(-c3ccccc3O)n2)CCCO1. The number of thioether (sulfide) groups is 1. The number of H-pyrrole nitrogens is 1. The van der Waals surface area contributed by atoms with Crippen LogP contribution < -0.4 is 0 Å². The van der Waals surface area contributed by atoms with Crippen LogP contribution in [0.3, 0.4) is 0 Å². The van der Waals surface area contributed by atoms with Crippen molar-refractivity contribution in [3.63, 3.8) is 0 Å². The Bertz CT molecular complexity index is 698. The number of aromatic hydroxyl groups is 1. The lowest BCUT2D eigenvalue weighted by atomic mass is 10.0. The number of ether oxygens (including phenoxy) is 2. The molecule has 1 aliphatic rings. The summed E-state index contributed by atoms with van der Waals surface area (Å²) >= 11 is 1.32. The van der Waals surface area contributed by atoms with Crippen molar-refractivity contribution in [1.29, 1.82) is 0 Å². The normalized spacial score (nSPS) is 20.6. The van der Waals surface area contributed by atoms with E-state index in [0.29, 0.717) is 35.3 Å². The molecule has 23 heavy (non-hydrogen) atoms. The number of carbonyl (C=O) groups is 1. The highest BCUT2D eigenvalue weighted by Crippen LogP contribution is 2.33. The molecule has 2 aromatic rings. The highest BCUT2D eigenvalue weighted by Gasteiger charge is 2.44. The van der Waals surface area contributed by atoms with Crippen molar-refractivity contribution in [3.05, 3.63) is 24.3 Å². The molecule has 3 rings (SSSR count). The molecule has 1 fully saturated rings. The van der Waals surface area contributed by atoms with Crippen LogP contribution >= 0.6 is 11.8 Å². The Morgan fingerprint density at radius 3 is 3.04 bits per heavy atom. The predicted octanol–water partition coefficient (Wildman–Crippen LogP) is 1.99. The molecule has 0 saturated carbocycles. The van der Waals surface area contributed by atoms with E-state index in [0.717, 1.165) is 6.42 Å². The summed E-state index contributed by atoms with van der Waals surface area (Å²) < 4.78 is 10.5. The van der Waals surface area contributed by atoms with Crippen LogP contribution in [0.25, 0.3) is 11.4 Å². The van der Waals surface area contributed by atoms with Crippen LogP contribution in [-0.2, 0) is 14.3 Å². The number of aromatic nitrogens is 3. The van der Waals surface area contributed by atoms with E-state index in [2.05, 4.69) is 15.2 Å². The zero-order valence-electron chi connectivity index (χ0n) is 12.6. The van der Waals surface area contributed by atoms with Gasteiger partial charge in [0.25, 0.3) is 0 Å². The maximum absolute atomic E-state index is 12.0. The van der Waals surface area contributed by atoms with Crippen LogP contribution in [0.2, 0.25) is 0 Å². The number of methoxy groups -OCH3 is 1. The average molecular weight is 335 g/mol. The lowest BCUT2D eigenvalue weighted by molar-refractivity contribution is -0.161.